The summed E-state index contributed by atoms with van der Waals surface area (Å²) in [6.07, 6.45) is 0. The molecule has 3 N–H and O–H groups in total. The molecule has 0 aliphatic rings. The first kappa shape index (κ1) is 10.2. The molecule has 13 heavy (non-hydrogen) atoms. The van der Waals surface area contributed by atoms with Crippen molar-refractivity contribution in [2.24, 2.45) is 11.7 Å². The molecule has 2 nitrogen and oxygen atoms in total. The Balaban J connectivity index is 2.72. The number of benzene rings is 1. The zero-order valence-corrected chi connectivity index (χ0v) is 7.98. The molecule has 0 unspecified atom stereocenters. The molecule has 0 saturated heterocycles. The van der Waals surface area contributed by atoms with E-state index in [9.17, 15) is 0 Å². The van der Waals surface area contributed by atoms with Gasteiger partial charge in [0, 0.05) is 12.5 Å². The summed E-state index contributed by atoms with van der Waals surface area (Å²) >= 11 is 0. The Bertz CT molecular complexity index is 231. The van der Waals surface area contributed by atoms with E-state index in [0.29, 0.717) is 12.5 Å². The molecule has 0 aliphatic carbocycles. The average molecular weight is 179 g/mol. The van der Waals surface area contributed by atoms with Gasteiger partial charge in [-0.2, -0.15) is 0 Å². The van der Waals surface area contributed by atoms with Gasteiger partial charge >= 0.3 is 0 Å². The van der Waals surface area contributed by atoms with Crippen molar-refractivity contribution in [1.82, 2.24) is 0 Å². The normalized spacial score (nSPS) is 15.3. The topological polar surface area (TPSA) is 46.2 Å². The molecule has 0 spiro atoms. The van der Waals surface area contributed by atoms with Gasteiger partial charge in [-0.15, -0.1) is 0 Å². The van der Waals surface area contributed by atoms with Gasteiger partial charge in [0.15, 0.2) is 0 Å². The predicted octanol–water partition coefficient (Wildman–Crippen LogP) is 1.36. The zero-order valence-electron chi connectivity index (χ0n) is 7.98. The Morgan fingerprint density at radius 3 is 2.38 bits per heavy atom. The average Bonchev–Trinajstić information content (AvgIpc) is 2.21. The highest BCUT2D eigenvalue weighted by Crippen LogP contribution is 2.22. The summed E-state index contributed by atoms with van der Waals surface area (Å²) in [5.74, 6) is 0.499. The third-order valence-electron chi connectivity index (χ3n) is 2.57. The van der Waals surface area contributed by atoms with Crippen LogP contribution in [0.4, 0.5) is 0 Å². The minimum Gasteiger partial charge on any atom is -0.396 e. The van der Waals surface area contributed by atoms with E-state index in [4.69, 9.17) is 10.8 Å². The Labute approximate surface area is 79.4 Å². The summed E-state index contributed by atoms with van der Waals surface area (Å²) in [6, 6.07) is 10.2. The lowest BCUT2D eigenvalue weighted by atomic mass is 9.88. The summed E-state index contributed by atoms with van der Waals surface area (Å²) in [5.41, 5.74) is 6.80. The van der Waals surface area contributed by atoms with Gasteiger partial charge in [0.2, 0.25) is 0 Å². The van der Waals surface area contributed by atoms with Gasteiger partial charge in [-0.25, -0.2) is 0 Å². The van der Waals surface area contributed by atoms with E-state index < -0.39 is 0 Å². The number of hydrogen-bond acceptors (Lipinski definition) is 2. The molecule has 0 aromatic heterocycles. The van der Waals surface area contributed by atoms with Crippen LogP contribution in [-0.2, 0) is 0 Å². The quantitative estimate of drug-likeness (QED) is 0.733. The molecule has 0 bridgehead atoms. The number of nitrogens with two attached hydrogens (primary N) is 1. The Kier molecular flexibility index (Phi) is 3.93. The smallest absolute Gasteiger partial charge is 0.0477 e. The monoisotopic (exact) mass is 179 g/mol. The molecule has 2 atom stereocenters. The van der Waals surface area contributed by atoms with Gasteiger partial charge < -0.3 is 10.8 Å². The van der Waals surface area contributed by atoms with Crippen LogP contribution in [0, 0.1) is 5.92 Å². The van der Waals surface area contributed by atoms with E-state index in [2.05, 4.69) is 19.1 Å². The van der Waals surface area contributed by atoms with Crippen molar-refractivity contribution < 1.29 is 5.11 Å². The first-order valence-electron chi connectivity index (χ1n) is 4.65. The van der Waals surface area contributed by atoms with Crippen LogP contribution in [0.25, 0.3) is 0 Å². The van der Waals surface area contributed by atoms with Crippen molar-refractivity contribution in [3.63, 3.8) is 0 Å². The molecule has 0 saturated carbocycles. The van der Waals surface area contributed by atoms with Crippen molar-refractivity contribution in [2.75, 3.05) is 13.2 Å². The third kappa shape index (κ3) is 2.54. The first-order valence-corrected chi connectivity index (χ1v) is 4.65. The molecular formula is C11H17NO. The minimum atomic E-state index is 0.159. The molecule has 0 fully saturated rings. The molecule has 0 amide bonds. The number of aliphatic hydroxyl groups excluding tert-OH is 1. The number of rotatable bonds is 4. The van der Waals surface area contributed by atoms with E-state index in [1.807, 2.05) is 18.2 Å². The highest BCUT2D eigenvalue weighted by atomic mass is 16.3. The van der Waals surface area contributed by atoms with E-state index in [1.165, 1.54) is 5.56 Å². The number of aliphatic hydroxyl groups is 1. The maximum Gasteiger partial charge on any atom is 0.0477 e. The Hall–Kier alpha value is -0.860. The summed E-state index contributed by atoms with van der Waals surface area (Å²) < 4.78 is 0. The Morgan fingerprint density at radius 2 is 1.92 bits per heavy atom. The van der Waals surface area contributed by atoms with Crippen LogP contribution < -0.4 is 5.73 Å². The van der Waals surface area contributed by atoms with Gasteiger partial charge in [-0.1, -0.05) is 37.3 Å². The highest BCUT2D eigenvalue weighted by Gasteiger charge is 2.15. The second kappa shape index (κ2) is 5.00. The largest absolute Gasteiger partial charge is 0.396 e. The lowest BCUT2D eigenvalue weighted by Gasteiger charge is -2.20. The van der Waals surface area contributed by atoms with Crippen molar-refractivity contribution in [3.05, 3.63) is 35.9 Å². The van der Waals surface area contributed by atoms with Gasteiger partial charge in [0.25, 0.3) is 0 Å². The van der Waals surface area contributed by atoms with Crippen LogP contribution in [0.1, 0.15) is 18.4 Å². The van der Waals surface area contributed by atoms with Crippen molar-refractivity contribution in [1.29, 1.82) is 0 Å². The van der Waals surface area contributed by atoms with Crippen LogP contribution in [0.3, 0.4) is 0 Å². The molecule has 72 valence electrons. The van der Waals surface area contributed by atoms with E-state index in [1.54, 1.807) is 0 Å². The van der Waals surface area contributed by atoms with Crippen LogP contribution in [0.2, 0.25) is 0 Å². The molecule has 2 heteroatoms. The second-order valence-electron chi connectivity index (χ2n) is 3.38. The standard InChI is InChI=1S/C11H17NO/c1-9(11(7-12)8-13)10-5-3-2-4-6-10/h2-6,9,11,13H,7-8,12H2,1H3/t9-,11+/m1/s1. The highest BCUT2D eigenvalue weighted by molar-refractivity contribution is 5.19. The third-order valence-corrected chi connectivity index (χ3v) is 2.57. The summed E-state index contributed by atoms with van der Waals surface area (Å²) in [7, 11) is 0. The van der Waals surface area contributed by atoms with Crippen LogP contribution in [0.5, 0.6) is 0 Å². The summed E-state index contributed by atoms with van der Waals surface area (Å²) in [5, 5.41) is 9.08. The summed E-state index contributed by atoms with van der Waals surface area (Å²) in [4.78, 5) is 0. The molecule has 0 aliphatic heterocycles. The SMILES string of the molecule is C[C@H](c1ccccc1)[C@@H](CN)CO. The molecule has 1 aromatic carbocycles. The Morgan fingerprint density at radius 1 is 1.31 bits per heavy atom. The van der Waals surface area contributed by atoms with Crippen LogP contribution in [0.15, 0.2) is 30.3 Å². The predicted molar refractivity (Wildman–Crippen MR) is 54.5 cm³/mol. The summed E-state index contributed by atoms with van der Waals surface area (Å²) in [6.45, 7) is 2.79. The zero-order chi connectivity index (χ0) is 9.68. The van der Waals surface area contributed by atoms with Crippen LogP contribution >= 0.6 is 0 Å². The minimum absolute atomic E-state index is 0.159. The fraction of sp³-hybridized carbons (Fsp3) is 0.455. The lowest BCUT2D eigenvalue weighted by Crippen LogP contribution is -2.23. The second-order valence-corrected chi connectivity index (χ2v) is 3.38. The van der Waals surface area contributed by atoms with E-state index in [0.717, 1.165) is 0 Å². The lowest BCUT2D eigenvalue weighted by molar-refractivity contribution is 0.212. The maximum absolute atomic E-state index is 9.08. The van der Waals surface area contributed by atoms with Crippen LogP contribution in [-0.4, -0.2) is 18.3 Å². The fourth-order valence-corrected chi connectivity index (χ4v) is 1.47. The fourth-order valence-electron chi connectivity index (χ4n) is 1.47. The molecule has 1 rings (SSSR count). The van der Waals surface area contributed by atoms with Gasteiger partial charge in [-0.3, -0.25) is 0 Å². The van der Waals surface area contributed by atoms with Gasteiger partial charge in [0.05, 0.1) is 0 Å². The van der Waals surface area contributed by atoms with E-state index in [-0.39, 0.29) is 12.5 Å². The van der Waals surface area contributed by atoms with Gasteiger partial charge in [0.1, 0.15) is 0 Å². The van der Waals surface area contributed by atoms with E-state index >= 15 is 0 Å². The van der Waals surface area contributed by atoms with Crippen molar-refractivity contribution in [3.8, 4) is 0 Å². The van der Waals surface area contributed by atoms with Crippen molar-refractivity contribution in [2.45, 2.75) is 12.8 Å². The first-order chi connectivity index (χ1) is 6.29. The molecular weight excluding hydrogens is 162 g/mol. The molecule has 1 aromatic rings. The van der Waals surface area contributed by atoms with Gasteiger partial charge in [-0.05, 0) is 18.0 Å². The maximum atomic E-state index is 9.08. The molecule has 0 radical (unpaired) electrons. The molecule has 0 heterocycles. The number of hydrogen-bond donors (Lipinski definition) is 2. The van der Waals surface area contributed by atoms with Crippen molar-refractivity contribution >= 4 is 0 Å².